The van der Waals surface area contributed by atoms with Crippen molar-refractivity contribution in [3.05, 3.63) is 59.5 Å². The molecule has 0 aliphatic heterocycles. The third kappa shape index (κ3) is 7.43. The number of esters is 1. The average molecular weight is 484 g/mol. The van der Waals surface area contributed by atoms with E-state index in [1.165, 1.54) is 17.2 Å². The van der Waals surface area contributed by atoms with Crippen LogP contribution in [0.15, 0.2) is 47.1 Å². The Morgan fingerprint density at radius 3 is 2.43 bits per heavy atom. The SMILES string of the molecule is CCOC(=O)CN(C(=O)CNC(=O)c1ccco1)C(C(=O)NC1CCCCC1)c1ccc(C)cc1. The number of nitrogens with zero attached hydrogens (tertiary/aromatic N) is 1. The molecule has 2 aromatic rings. The smallest absolute Gasteiger partial charge is 0.325 e. The van der Waals surface area contributed by atoms with Crippen molar-refractivity contribution in [2.24, 2.45) is 0 Å². The van der Waals surface area contributed by atoms with E-state index in [1.54, 1.807) is 25.1 Å². The van der Waals surface area contributed by atoms with Gasteiger partial charge in [0.15, 0.2) is 5.76 Å². The summed E-state index contributed by atoms with van der Waals surface area (Å²) in [4.78, 5) is 52.8. The predicted molar refractivity (Wildman–Crippen MR) is 128 cm³/mol. The number of amides is 3. The van der Waals surface area contributed by atoms with E-state index in [0.29, 0.717) is 5.56 Å². The third-order valence-electron chi connectivity index (χ3n) is 5.97. The van der Waals surface area contributed by atoms with Gasteiger partial charge >= 0.3 is 5.97 Å². The zero-order valence-corrected chi connectivity index (χ0v) is 20.2. The Labute approximate surface area is 205 Å². The molecule has 1 fully saturated rings. The number of benzene rings is 1. The monoisotopic (exact) mass is 483 g/mol. The number of furan rings is 1. The quantitative estimate of drug-likeness (QED) is 0.502. The number of rotatable bonds is 10. The van der Waals surface area contributed by atoms with Crippen LogP contribution in [-0.2, 0) is 19.1 Å². The Balaban J connectivity index is 1.86. The first kappa shape index (κ1) is 26.0. The Hall–Kier alpha value is -3.62. The van der Waals surface area contributed by atoms with Crippen molar-refractivity contribution in [1.29, 1.82) is 0 Å². The molecule has 3 amide bonds. The zero-order valence-electron chi connectivity index (χ0n) is 20.2. The van der Waals surface area contributed by atoms with Crippen molar-refractivity contribution in [2.75, 3.05) is 19.7 Å². The van der Waals surface area contributed by atoms with Crippen LogP contribution in [0.5, 0.6) is 0 Å². The summed E-state index contributed by atoms with van der Waals surface area (Å²) in [5.74, 6) is -2.11. The standard InChI is InChI=1S/C26H33N3O6/c1-3-34-23(31)17-29(22(30)16-27-25(32)21-10-7-15-35-21)24(19-13-11-18(2)12-14-19)26(33)28-20-8-5-4-6-9-20/h7,10-15,20,24H,3-6,8-9,16-17H2,1-2H3,(H,27,32)(H,28,33). The fourth-order valence-electron chi connectivity index (χ4n) is 4.17. The number of nitrogens with one attached hydrogen (secondary N) is 2. The maximum absolute atomic E-state index is 13.5. The molecule has 0 spiro atoms. The Morgan fingerprint density at radius 2 is 1.80 bits per heavy atom. The molecule has 1 aromatic carbocycles. The molecule has 3 rings (SSSR count). The van der Waals surface area contributed by atoms with E-state index in [0.717, 1.165) is 37.7 Å². The summed E-state index contributed by atoms with van der Waals surface area (Å²) in [5, 5.41) is 5.57. The van der Waals surface area contributed by atoms with E-state index in [1.807, 2.05) is 19.1 Å². The molecule has 2 N–H and O–H groups in total. The van der Waals surface area contributed by atoms with Crippen LogP contribution in [0.2, 0.25) is 0 Å². The highest BCUT2D eigenvalue weighted by Crippen LogP contribution is 2.24. The highest BCUT2D eigenvalue weighted by atomic mass is 16.5. The first-order valence-electron chi connectivity index (χ1n) is 12.0. The second-order valence-corrected chi connectivity index (χ2v) is 8.64. The average Bonchev–Trinajstić information content (AvgIpc) is 3.39. The van der Waals surface area contributed by atoms with Crippen LogP contribution in [0.25, 0.3) is 0 Å². The highest BCUT2D eigenvalue weighted by molar-refractivity contribution is 5.96. The van der Waals surface area contributed by atoms with Gasteiger partial charge in [0.25, 0.3) is 5.91 Å². The molecule has 0 saturated heterocycles. The Morgan fingerprint density at radius 1 is 1.09 bits per heavy atom. The number of aryl methyl sites for hydroxylation is 1. The summed E-state index contributed by atoms with van der Waals surface area (Å²) in [5.41, 5.74) is 1.56. The molecule has 1 saturated carbocycles. The summed E-state index contributed by atoms with van der Waals surface area (Å²) in [6, 6.07) is 9.23. The molecule has 1 aliphatic carbocycles. The molecular formula is C26H33N3O6. The summed E-state index contributed by atoms with van der Waals surface area (Å²) < 4.78 is 10.1. The van der Waals surface area contributed by atoms with Crippen molar-refractivity contribution in [1.82, 2.24) is 15.5 Å². The molecule has 1 aromatic heterocycles. The number of carbonyl (C=O) groups is 4. The first-order chi connectivity index (χ1) is 16.9. The fourth-order valence-corrected chi connectivity index (χ4v) is 4.17. The maximum atomic E-state index is 13.5. The molecule has 1 aliphatic rings. The second-order valence-electron chi connectivity index (χ2n) is 8.64. The third-order valence-corrected chi connectivity index (χ3v) is 5.97. The molecule has 1 unspecified atom stereocenters. The van der Waals surface area contributed by atoms with E-state index in [9.17, 15) is 19.2 Å². The van der Waals surface area contributed by atoms with Gasteiger partial charge in [0.2, 0.25) is 11.8 Å². The van der Waals surface area contributed by atoms with Gasteiger partial charge in [-0.15, -0.1) is 0 Å². The minimum absolute atomic E-state index is 0.0161. The molecular weight excluding hydrogens is 450 g/mol. The highest BCUT2D eigenvalue weighted by Gasteiger charge is 2.34. The summed E-state index contributed by atoms with van der Waals surface area (Å²) in [7, 11) is 0. The molecule has 0 bridgehead atoms. The maximum Gasteiger partial charge on any atom is 0.325 e. The van der Waals surface area contributed by atoms with Crippen LogP contribution in [0.1, 0.15) is 66.8 Å². The molecule has 9 nitrogen and oxygen atoms in total. The fraction of sp³-hybridized carbons (Fsp3) is 0.462. The van der Waals surface area contributed by atoms with Gasteiger partial charge in [-0.2, -0.15) is 0 Å². The van der Waals surface area contributed by atoms with Gasteiger partial charge in [-0.3, -0.25) is 19.2 Å². The minimum atomic E-state index is -1.06. The molecule has 35 heavy (non-hydrogen) atoms. The number of hydrogen-bond acceptors (Lipinski definition) is 6. The van der Waals surface area contributed by atoms with E-state index in [-0.39, 0.29) is 24.3 Å². The van der Waals surface area contributed by atoms with Crippen LogP contribution < -0.4 is 10.6 Å². The van der Waals surface area contributed by atoms with Gasteiger partial charge in [0.05, 0.1) is 19.4 Å². The van der Waals surface area contributed by atoms with Gasteiger partial charge < -0.3 is 24.7 Å². The van der Waals surface area contributed by atoms with Gasteiger partial charge in [-0.1, -0.05) is 49.1 Å². The molecule has 1 heterocycles. The topological polar surface area (TPSA) is 118 Å². The van der Waals surface area contributed by atoms with Crippen molar-refractivity contribution < 1.29 is 28.3 Å². The first-order valence-corrected chi connectivity index (χ1v) is 12.0. The minimum Gasteiger partial charge on any atom is -0.465 e. The Kier molecular flexibility index (Phi) is 9.46. The molecule has 0 radical (unpaired) electrons. The summed E-state index contributed by atoms with van der Waals surface area (Å²) in [6.45, 7) is 2.88. The largest absolute Gasteiger partial charge is 0.465 e. The predicted octanol–water partition coefficient (Wildman–Crippen LogP) is 2.90. The van der Waals surface area contributed by atoms with Gasteiger partial charge in [-0.05, 0) is 44.4 Å². The van der Waals surface area contributed by atoms with Gasteiger partial charge in [0, 0.05) is 6.04 Å². The lowest BCUT2D eigenvalue weighted by molar-refractivity contribution is -0.152. The van der Waals surface area contributed by atoms with E-state index in [4.69, 9.17) is 9.15 Å². The van der Waals surface area contributed by atoms with Crippen LogP contribution in [0.3, 0.4) is 0 Å². The summed E-state index contributed by atoms with van der Waals surface area (Å²) >= 11 is 0. The lowest BCUT2D eigenvalue weighted by Crippen LogP contribution is -2.51. The molecule has 1 atom stereocenters. The summed E-state index contributed by atoms with van der Waals surface area (Å²) in [6.07, 6.45) is 6.30. The van der Waals surface area contributed by atoms with Crippen molar-refractivity contribution in [3.8, 4) is 0 Å². The van der Waals surface area contributed by atoms with Crippen molar-refractivity contribution in [3.63, 3.8) is 0 Å². The molecule has 188 valence electrons. The van der Waals surface area contributed by atoms with Crippen LogP contribution in [0, 0.1) is 6.92 Å². The molecule has 9 heteroatoms. The lowest BCUT2D eigenvalue weighted by atomic mass is 9.94. The number of carbonyl (C=O) groups excluding carboxylic acids is 4. The Bertz CT molecular complexity index is 997. The second kappa shape index (κ2) is 12.7. The number of hydrogen-bond donors (Lipinski definition) is 2. The van der Waals surface area contributed by atoms with Gasteiger partial charge in [0.1, 0.15) is 12.6 Å². The lowest BCUT2D eigenvalue weighted by Gasteiger charge is -2.33. The van der Waals surface area contributed by atoms with E-state index < -0.39 is 36.9 Å². The number of ether oxygens (including phenoxy) is 1. The van der Waals surface area contributed by atoms with Crippen LogP contribution in [-0.4, -0.2) is 54.3 Å². The van der Waals surface area contributed by atoms with Crippen LogP contribution in [0.4, 0.5) is 0 Å². The normalized spacial score (nSPS) is 14.6. The van der Waals surface area contributed by atoms with Crippen LogP contribution >= 0.6 is 0 Å². The zero-order chi connectivity index (χ0) is 25.2. The van der Waals surface area contributed by atoms with Crippen molar-refractivity contribution >= 4 is 23.7 Å². The van der Waals surface area contributed by atoms with E-state index >= 15 is 0 Å². The van der Waals surface area contributed by atoms with Gasteiger partial charge in [-0.25, -0.2) is 0 Å². The van der Waals surface area contributed by atoms with Crippen molar-refractivity contribution in [2.45, 2.75) is 58.0 Å². The van der Waals surface area contributed by atoms with E-state index in [2.05, 4.69) is 10.6 Å².